The van der Waals surface area contributed by atoms with Crippen LogP contribution >= 0.6 is 0 Å². The third kappa shape index (κ3) is 4.64. The molecule has 0 heterocycles. The SMILES string of the molecule is CC1(C)c2ccccc2-c2ccc(N(c3ccc4c(c3)C(C)(C)c3ccccc3-4)c3ccc4cccc5c4c3-c3cccc(-c4cccc6ccccc46)c3C5(C)C)cc21. The number of hydrogen-bond donors (Lipinski definition) is 0. The van der Waals surface area contributed by atoms with Gasteiger partial charge in [0.1, 0.15) is 0 Å². The summed E-state index contributed by atoms with van der Waals surface area (Å²) in [5.74, 6) is 0. The zero-order valence-electron chi connectivity index (χ0n) is 35.2. The molecule has 0 saturated heterocycles. The molecule has 9 aromatic rings. The molecule has 0 aromatic heterocycles. The normalized spacial score (nSPS) is 15.6. The predicted molar refractivity (Wildman–Crippen MR) is 254 cm³/mol. The van der Waals surface area contributed by atoms with Crippen LogP contribution in [-0.4, -0.2) is 0 Å². The predicted octanol–water partition coefficient (Wildman–Crippen LogP) is 16.0. The van der Waals surface area contributed by atoms with Gasteiger partial charge in [-0.1, -0.05) is 187 Å². The number of benzene rings is 9. The lowest BCUT2D eigenvalue weighted by atomic mass is 9.66. The molecule has 0 aliphatic heterocycles. The molecule has 0 fully saturated rings. The second kappa shape index (κ2) is 12.2. The van der Waals surface area contributed by atoms with Gasteiger partial charge >= 0.3 is 0 Å². The maximum Gasteiger partial charge on any atom is 0.0546 e. The van der Waals surface area contributed by atoms with Crippen LogP contribution in [0.4, 0.5) is 17.1 Å². The minimum atomic E-state index is -0.258. The number of anilines is 3. The third-order valence-corrected chi connectivity index (χ3v) is 14.6. The highest BCUT2D eigenvalue weighted by molar-refractivity contribution is 6.12. The molecule has 0 spiro atoms. The van der Waals surface area contributed by atoms with Gasteiger partial charge in [-0.2, -0.15) is 0 Å². The third-order valence-electron chi connectivity index (χ3n) is 14.6. The number of hydrogen-bond acceptors (Lipinski definition) is 1. The zero-order valence-corrected chi connectivity index (χ0v) is 35.2. The smallest absolute Gasteiger partial charge is 0.0546 e. The Morgan fingerprint density at radius 2 is 0.817 bits per heavy atom. The molecule has 0 atom stereocenters. The fraction of sp³-hybridized carbons (Fsp3) is 0.153. The van der Waals surface area contributed by atoms with Crippen LogP contribution in [0.15, 0.2) is 176 Å². The van der Waals surface area contributed by atoms with Crippen molar-refractivity contribution in [3.8, 4) is 44.5 Å². The van der Waals surface area contributed by atoms with E-state index >= 15 is 0 Å². The Kier molecular flexibility index (Phi) is 7.16. The Balaban J connectivity index is 1.17. The van der Waals surface area contributed by atoms with Gasteiger partial charge in [0.25, 0.3) is 0 Å². The first kappa shape index (κ1) is 35.3. The molecule has 0 unspecified atom stereocenters. The van der Waals surface area contributed by atoms with Gasteiger partial charge in [0.15, 0.2) is 0 Å². The van der Waals surface area contributed by atoms with Crippen LogP contribution in [0.3, 0.4) is 0 Å². The van der Waals surface area contributed by atoms with Crippen molar-refractivity contribution in [3.63, 3.8) is 0 Å². The van der Waals surface area contributed by atoms with E-state index in [1.807, 2.05) is 0 Å². The first-order valence-electron chi connectivity index (χ1n) is 21.5. The topological polar surface area (TPSA) is 3.24 Å². The Morgan fingerprint density at radius 1 is 0.333 bits per heavy atom. The van der Waals surface area contributed by atoms with E-state index in [0.717, 1.165) is 0 Å². The van der Waals surface area contributed by atoms with Gasteiger partial charge in [-0.3, -0.25) is 0 Å². The summed E-state index contributed by atoms with van der Waals surface area (Å²) in [6, 6.07) is 66.8. The van der Waals surface area contributed by atoms with Crippen LogP contribution < -0.4 is 4.90 Å². The van der Waals surface area contributed by atoms with Crippen LogP contribution in [0, 0.1) is 0 Å². The fourth-order valence-electron chi connectivity index (χ4n) is 11.7. The molecule has 60 heavy (non-hydrogen) atoms. The van der Waals surface area contributed by atoms with Gasteiger partial charge in [-0.05, 0) is 124 Å². The quantitative estimate of drug-likeness (QED) is 0.172. The molecule has 1 nitrogen and oxygen atoms in total. The van der Waals surface area contributed by atoms with Crippen molar-refractivity contribution in [3.05, 3.63) is 209 Å². The lowest BCUT2D eigenvalue weighted by molar-refractivity contribution is 0.647. The second-order valence-corrected chi connectivity index (χ2v) is 18.9. The maximum atomic E-state index is 2.58. The number of rotatable bonds is 4. The van der Waals surface area contributed by atoms with Crippen molar-refractivity contribution in [2.24, 2.45) is 0 Å². The van der Waals surface area contributed by atoms with E-state index in [0.29, 0.717) is 0 Å². The van der Waals surface area contributed by atoms with Crippen LogP contribution in [-0.2, 0) is 16.2 Å². The van der Waals surface area contributed by atoms with Gasteiger partial charge in [0.05, 0.1) is 5.69 Å². The molecule has 3 aliphatic carbocycles. The summed E-state index contributed by atoms with van der Waals surface area (Å²) in [5, 5.41) is 5.16. The monoisotopic (exact) mass is 769 g/mol. The van der Waals surface area contributed by atoms with E-state index in [-0.39, 0.29) is 16.2 Å². The molecule has 12 rings (SSSR count). The van der Waals surface area contributed by atoms with Crippen LogP contribution in [0.1, 0.15) is 74.9 Å². The van der Waals surface area contributed by atoms with Crippen molar-refractivity contribution in [1.29, 1.82) is 0 Å². The van der Waals surface area contributed by atoms with Crippen molar-refractivity contribution in [2.75, 3.05) is 4.90 Å². The molecule has 0 radical (unpaired) electrons. The lowest BCUT2D eigenvalue weighted by Crippen LogP contribution is -2.26. The summed E-state index contributed by atoms with van der Waals surface area (Å²) in [6.07, 6.45) is 0. The highest BCUT2D eigenvalue weighted by atomic mass is 15.1. The van der Waals surface area contributed by atoms with Crippen LogP contribution in [0.2, 0.25) is 0 Å². The average molecular weight is 770 g/mol. The Labute approximate surface area is 353 Å². The van der Waals surface area contributed by atoms with E-state index in [9.17, 15) is 0 Å². The molecule has 9 aromatic carbocycles. The average Bonchev–Trinajstić information content (AvgIpc) is 3.64. The van der Waals surface area contributed by atoms with E-state index in [2.05, 4.69) is 222 Å². The highest BCUT2D eigenvalue weighted by Crippen LogP contribution is 2.58. The molecule has 0 bridgehead atoms. The summed E-state index contributed by atoms with van der Waals surface area (Å²) >= 11 is 0. The molecular weight excluding hydrogens is 723 g/mol. The molecule has 0 N–H and O–H groups in total. The summed E-state index contributed by atoms with van der Waals surface area (Å²) in [4.78, 5) is 2.58. The molecule has 288 valence electrons. The van der Waals surface area contributed by atoms with Gasteiger partial charge in [-0.15, -0.1) is 0 Å². The molecule has 3 aliphatic rings. The molecular formula is C59H47N. The minimum Gasteiger partial charge on any atom is -0.310 e. The van der Waals surface area contributed by atoms with Gasteiger partial charge < -0.3 is 4.90 Å². The van der Waals surface area contributed by atoms with Gasteiger partial charge in [0.2, 0.25) is 0 Å². The Bertz CT molecular complexity index is 3190. The maximum absolute atomic E-state index is 2.58. The second-order valence-electron chi connectivity index (χ2n) is 18.9. The van der Waals surface area contributed by atoms with Gasteiger partial charge in [-0.25, -0.2) is 0 Å². The van der Waals surface area contributed by atoms with Crippen LogP contribution in [0.25, 0.3) is 66.1 Å². The Morgan fingerprint density at radius 3 is 1.50 bits per heavy atom. The summed E-state index contributed by atoms with van der Waals surface area (Å²) in [5.41, 5.74) is 21.8. The van der Waals surface area contributed by atoms with Crippen molar-refractivity contribution >= 4 is 38.6 Å². The van der Waals surface area contributed by atoms with Crippen molar-refractivity contribution in [1.82, 2.24) is 0 Å². The van der Waals surface area contributed by atoms with E-state index in [1.54, 1.807) is 0 Å². The zero-order chi connectivity index (χ0) is 40.7. The number of nitrogens with zero attached hydrogens (tertiary/aromatic N) is 1. The largest absolute Gasteiger partial charge is 0.310 e. The van der Waals surface area contributed by atoms with E-state index < -0.39 is 0 Å². The summed E-state index contributed by atoms with van der Waals surface area (Å²) in [6.45, 7) is 14.4. The Hall–Kier alpha value is -6.70. The minimum absolute atomic E-state index is 0.135. The molecule has 0 amide bonds. The first-order chi connectivity index (χ1) is 29.0. The van der Waals surface area contributed by atoms with Crippen molar-refractivity contribution < 1.29 is 0 Å². The molecule has 0 saturated carbocycles. The van der Waals surface area contributed by atoms with Gasteiger partial charge in [0, 0.05) is 33.2 Å². The van der Waals surface area contributed by atoms with E-state index in [4.69, 9.17) is 0 Å². The highest BCUT2D eigenvalue weighted by Gasteiger charge is 2.40. The standard InChI is InChI=1S/C59H47N/c1-57(2)48-25-11-9-20-42(48)44-31-29-38(34-51(44)57)60(39-30-32-45-43-21-10-12-26-49(43)58(3,4)52(45)35-39)53-33-28-37-18-14-27-50-54(37)55(53)47-24-15-23-46(56(47)59(50,5)6)41-22-13-17-36-16-7-8-19-40(36)41/h7-35H,1-6H3. The molecule has 1 heteroatoms. The van der Waals surface area contributed by atoms with Crippen molar-refractivity contribution in [2.45, 2.75) is 57.8 Å². The summed E-state index contributed by atoms with van der Waals surface area (Å²) < 4.78 is 0. The first-order valence-corrected chi connectivity index (χ1v) is 21.5. The van der Waals surface area contributed by atoms with E-state index in [1.165, 1.54) is 116 Å². The summed E-state index contributed by atoms with van der Waals surface area (Å²) in [7, 11) is 0. The lowest BCUT2D eigenvalue weighted by Gasteiger charge is -2.39. The fourth-order valence-corrected chi connectivity index (χ4v) is 11.7. The number of fused-ring (bicyclic) bond motifs is 9. The van der Waals surface area contributed by atoms with Crippen LogP contribution in [0.5, 0.6) is 0 Å².